The molecule has 0 saturated heterocycles. The van der Waals surface area contributed by atoms with Crippen molar-refractivity contribution < 1.29 is 0 Å². The second kappa shape index (κ2) is 11.3. The first-order valence-corrected chi connectivity index (χ1v) is 16.1. The maximum atomic E-state index is 5.28. The van der Waals surface area contributed by atoms with E-state index in [-0.39, 0.29) is 0 Å². The van der Waals surface area contributed by atoms with Gasteiger partial charge in [-0.2, -0.15) is 0 Å². The predicted molar refractivity (Wildman–Crippen MR) is 192 cm³/mol. The van der Waals surface area contributed by atoms with Gasteiger partial charge in [0.2, 0.25) is 0 Å². The van der Waals surface area contributed by atoms with E-state index >= 15 is 0 Å². The Morgan fingerprint density at radius 3 is 1.96 bits per heavy atom. The third-order valence-electron chi connectivity index (χ3n) is 8.71. The lowest BCUT2D eigenvalue weighted by atomic mass is 9.90. The summed E-state index contributed by atoms with van der Waals surface area (Å²) >= 11 is 1.73. The van der Waals surface area contributed by atoms with Gasteiger partial charge in [-0.3, -0.25) is 0 Å². The number of hydrogen-bond donors (Lipinski definition) is 0. The number of benzene rings is 6. The van der Waals surface area contributed by atoms with Crippen LogP contribution in [0.15, 0.2) is 146 Å². The van der Waals surface area contributed by atoms with E-state index < -0.39 is 0 Å². The molecule has 2 heterocycles. The molecule has 3 heteroatoms. The molecule has 0 radical (unpaired) electrons. The highest BCUT2D eigenvalue weighted by atomic mass is 32.1. The number of hydrogen-bond acceptors (Lipinski definition) is 3. The fourth-order valence-electron chi connectivity index (χ4n) is 6.35. The van der Waals surface area contributed by atoms with Crippen molar-refractivity contribution in [2.75, 3.05) is 0 Å². The first-order valence-electron chi connectivity index (χ1n) is 15.3. The smallest absolute Gasteiger partial charge is 0.161 e. The average molecular weight is 595 g/mol. The van der Waals surface area contributed by atoms with Crippen molar-refractivity contribution in [3.8, 4) is 56.0 Å². The van der Waals surface area contributed by atoms with Crippen molar-refractivity contribution in [3.05, 3.63) is 157 Å². The van der Waals surface area contributed by atoms with Gasteiger partial charge in [0.15, 0.2) is 5.82 Å². The fourth-order valence-corrected chi connectivity index (χ4v) is 7.43. The molecule has 214 valence electrons. The van der Waals surface area contributed by atoms with Gasteiger partial charge in [-0.05, 0) is 70.5 Å². The maximum absolute atomic E-state index is 5.28. The summed E-state index contributed by atoms with van der Waals surface area (Å²) in [4.78, 5) is 11.4. The van der Waals surface area contributed by atoms with Crippen LogP contribution in [0.3, 0.4) is 0 Å². The molecule has 0 aliphatic carbocycles. The zero-order valence-corrected chi connectivity index (χ0v) is 26.0. The van der Waals surface area contributed by atoms with Crippen molar-refractivity contribution in [2.24, 2.45) is 0 Å². The first kappa shape index (κ1) is 27.2. The molecule has 6 aromatic carbocycles. The summed E-state index contributed by atoms with van der Waals surface area (Å²) in [6.07, 6.45) is 0. The molecule has 0 saturated carbocycles. The van der Waals surface area contributed by atoms with E-state index in [1.807, 2.05) is 6.07 Å². The fraction of sp³-hybridized carbons (Fsp3) is 0.0476. The van der Waals surface area contributed by atoms with Gasteiger partial charge in [0, 0.05) is 26.6 Å². The number of fused-ring (bicyclic) bond motifs is 3. The van der Waals surface area contributed by atoms with Crippen LogP contribution in [0.1, 0.15) is 11.1 Å². The van der Waals surface area contributed by atoms with Crippen LogP contribution in [-0.2, 0) is 0 Å². The quantitative estimate of drug-likeness (QED) is 0.198. The highest BCUT2D eigenvalue weighted by Gasteiger charge is 2.18. The molecule has 2 aromatic heterocycles. The summed E-state index contributed by atoms with van der Waals surface area (Å²) in [5.74, 6) is 0.743. The SMILES string of the molecule is Cc1ccccc1-c1cccc(-c2ccc(-c3nc(-c4cccc(-c5ccccc5)c4)nc4sc5ccccc5c34)cc2)c1C. The minimum absolute atomic E-state index is 0.743. The number of nitrogens with zero attached hydrogens (tertiary/aromatic N) is 2. The van der Waals surface area contributed by atoms with E-state index in [2.05, 4.69) is 153 Å². The van der Waals surface area contributed by atoms with E-state index in [0.29, 0.717) is 0 Å². The Hall–Kier alpha value is -5.38. The van der Waals surface area contributed by atoms with Crippen LogP contribution in [-0.4, -0.2) is 9.97 Å². The molecule has 45 heavy (non-hydrogen) atoms. The summed E-state index contributed by atoms with van der Waals surface area (Å²) < 4.78 is 1.22. The van der Waals surface area contributed by atoms with Gasteiger partial charge in [-0.1, -0.05) is 133 Å². The summed E-state index contributed by atoms with van der Waals surface area (Å²) in [5.41, 5.74) is 13.0. The van der Waals surface area contributed by atoms with Crippen LogP contribution in [0.2, 0.25) is 0 Å². The Labute approximate surface area is 267 Å². The molecule has 0 unspecified atom stereocenters. The molecule has 0 aliphatic heterocycles. The predicted octanol–water partition coefficient (Wildman–Crippen LogP) is 11.8. The van der Waals surface area contributed by atoms with Crippen molar-refractivity contribution in [1.82, 2.24) is 9.97 Å². The Kier molecular flexibility index (Phi) is 6.81. The molecule has 0 fully saturated rings. The third kappa shape index (κ3) is 4.92. The summed E-state index contributed by atoms with van der Waals surface area (Å²) in [5, 5.41) is 2.31. The van der Waals surface area contributed by atoms with Gasteiger partial charge in [0.25, 0.3) is 0 Å². The average Bonchev–Trinajstić information content (AvgIpc) is 3.48. The van der Waals surface area contributed by atoms with Gasteiger partial charge in [0.1, 0.15) is 4.83 Å². The van der Waals surface area contributed by atoms with Crippen molar-refractivity contribution in [2.45, 2.75) is 13.8 Å². The summed E-state index contributed by atoms with van der Waals surface area (Å²) in [6, 6.07) is 51.7. The number of thiophene rings is 1. The molecule has 0 amide bonds. The zero-order chi connectivity index (χ0) is 30.3. The molecule has 0 atom stereocenters. The molecule has 8 rings (SSSR count). The van der Waals surface area contributed by atoms with Gasteiger partial charge >= 0.3 is 0 Å². The highest BCUT2D eigenvalue weighted by Crippen LogP contribution is 2.41. The van der Waals surface area contributed by atoms with E-state index in [9.17, 15) is 0 Å². The van der Waals surface area contributed by atoms with Crippen LogP contribution in [0.5, 0.6) is 0 Å². The Balaban J connectivity index is 1.26. The second-order valence-electron chi connectivity index (χ2n) is 11.5. The van der Waals surface area contributed by atoms with Crippen LogP contribution < -0.4 is 0 Å². The first-order chi connectivity index (χ1) is 22.1. The lowest BCUT2D eigenvalue weighted by molar-refractivity contribution is 1.24. The second-order valence-corrected chi connectivity index (χ2v) is 12.5. The molecule has 0 bridgehead atoms. The molecule has 0 aliphatic rings. The summed E-state index contributed by atoms with van der Waals surface area (Å²) in [7, 11) is 0. The van der Waals surface area contributed by atoms with Gasteiger partial charge in [-0.15, -0.1) is 11.3 Å². The number of aromatic nitrogens is 2. The minimum Gasteiger partial charge on any atom is -0.227 e. The largest absolute Gasteiger partial charge is 0.227 e. The Morgan fingerprint density at radius 2 is 1.11 bits per heavy atom. The van der Waals surface area contributed by atoms with E-state index in [1.54, 1.807) is 11.3 Å². The van der Waals surface area contributed by atoms with Crippen molar-refractivity contribution in [1.29, 1.82) is 0 Å². The lowest BCUT2D eigenvalue weighted by Gasteiger charge is -2.14. The third-order valence-corrected chi connectivity index (χ3v) is 9.77. The van der Waals surface area contributed by atoms with Gasteiger partial charge in [-0.25, -0.2) is 9.97 Å². The van der Waals surface area contributed by atoms with E-state index in [0.717, 1.165) is 38.4 Å². The minimum atomic E-state index is 0.743. The molecule has 8 aromatic rings. The summed E-state index contributed by atoms with van der Waals surface area (Å²) in [6.45, 7) is 4.41. The van der Waals surface area contributed by atoms with Gasteiger partial charge < -0.3 is 0 Å². The highest BCUT2D eigenvalue weighted by molar-refractivity contribution is 7.25. The van der Waals surface area contributed by atoms with E-state index in [4.69, 9.17) is 9.97 Å². The topological polar surface area (TPSA) is 25.8 Å². The molecular formula is C42H30N2S. The molecule has 0 spiro atoms. The van der Waals surface area contributed by atoms with Gasteiger partial charge in [0.05, 0.1) is 5.69 Å². The van der Waals surface area contributed by atoms with Crippen LogP contribution in [0, 0.1) is 13.8 Å². The Bertz CT molecular complexity index is 2330. The Morgan fingerprint density at radius 1 is 0.467 bits per heavy atom. The molecular weight excluding hydrogens is 565 g/mol. The molecule has 0 N–H and O–H groups in total. The number of rotatable bonds is 5. The monoisotopic (exact) mass is 594 g/mol. The maximum Gasteiger partial charge on any atom is 0.161 e. The zero-order valence-electron chi connectivity index (χ0n) is 25.2. The standard InChI is InChI=1S/C42H30N2S/c1-27-12-6-7-17-34(27)36-20-11-19-35(28(36)2)30-22-24-31(25-23-30)40-39-37-18-8-9-21-38(37)45-42(39)44-41(43-40)33-16-10-15-32(26-33)29-13-4-3-5-14-29/h3-26H,1-2H3. The lowest BCUT2D eigenvalue weighted by Crippen LogP contribution is -1.94. The van der Waals surface area contributed by atoms with Crippen molar-refractivity contribution >= 4 is 31.6 Å². The normalized spacial score (nSPS) is 11.3. The number of aryl methyl sites for hydroxylation is 1. The molecule has 2 nitrogen and oxygen atoms in total. The van der Waals surface area contributed by atoms with Crippen LogP contribution in [0.4, 0.5) is 0 Å². The van der Waals surface area contributed by atoms with E-state index in [1.165, 1.54) is 49.0 Å². The van der Waals surface area contributed by atoms with Crippen LogP contribution in [0.25, 0.3) is 76.3 Å². The van der Waals surface area contributed by atoms with Crippen molar-refractivity contribution in [3.63, 3.8) is 0 Å². The van der Waals surface area contributed by atoms with Crippen LogP contribution >= 0.6 is 11.3 Å².